The van der Waals surface area contributed by atoms with Gasteiger partial charge < -0.3 is 19.5 Å². The largest absolute Gasteiger partial charge is 0.497 e. The lowest BCUT2D eigenvalue weighted by Gasteiger charge is -2.13. The molecule has 1 N–H and O–H groups in total. The van der Waals surface area contributed by atoms with Gasteiger partial charge in [-0.25, -0.2) is 4.79 Å². The average Bonchev–Trinajstić information content (AvgIpc) is 2.70. The van der Waals surface area contributed by atoms with Crippen molar-refractivity contribution in [2.45, 2.75) is 12.6 Å². The number of aliphatic hydroxyl groups excluding tert-OH is 1. The van der Waals surface area contributed by atoms with Crippen LogP contribution in [0.4, 0.5) is 4.79 Å². The van der Waals surface area contributed by atoms with Crippen molar-refractivity contribution >= 4 is 6.09 Å². The minimum Gasteiger partial charge on any atom is -0.497 e. The van der Waals surface area contributed by atoms with E-state index in [-0.39, 0.29) is 12.7 Å². The molecule has 17 heavy (non-hydrogen) atoms. The fourth-order valence-electron chi connectivity index (χ4n) is 1.79. The Morgan fingerprint density at radius 1 is 1.59 bits per heavy atom. The van der Waals surface area contributed by atoms with E-state index in [1.54, 1.807) is 12.0 Å². The molecule has 1 aromatic carbocycles. The molecule has 0 saturated carbocycles. The van der Waals surface area contributed by atoms with Gasteiger partial charge in [0, 0.05) is 6.54 Å². The smallest absolute Gasteiger partial charge is 0.410 e. The molecular weight excluding hydrogens is 222 g/mol. The van der Waals surface area contributed by atoms with E-state index in [2.05, 4.69) is 0 Å². The van der Waals surface area contributed by atoms with Crippen molar-refractivity contribution in [2.75, 3.05) is 20.3 Å². The molecule has 0 radical (unpaired) electrons. The van der Waals surface area contributed by atoms with Crippen molar-refractivity contribution in [2.24, 2.45) is 0 Å². The molecule has 0 spiro atoms. The molecule has 1 aliphatic heterocycles. The second-order valence-electron chi connectivity index (χ2n) is 3.92. The number of cyclic esters (lactones) is 1. The van der Waals surface area contributed by atoms with Crippen molar-refractivity contribution in [1.29, 1.82) is 0 Å². The summed E-state index contributed by atoms with van der Waals surface area (Å²) in [6, 6.07) is 7.52. The maximum atomic E-state index is 11.5. The van der Waals surface area contributed by atoms with Crippen molar-refractivity contribution in [3.8, 4) is 5.75 Å². The van der Waals surface area contributed by atoms with E-state index in [1.165, 1.54) is 0 Å². The molecule has 0 aliphatic carbocycles. The summed E-state index contributed by atoms with van der Waals surface area (Å²) in [4.78, 5) is 13.0. The second-order valence-corrected chi connectivity index (χ2v) is 3.92. The van der Waals surface area contributed by atoms with Gasteiger partial charge in [0.05, 0.1) is 20.3 Å². The SMILES string of the molecule is COc1cccc(CN2C[C@H](CO)OC2=O)c1. The first-order valence-corrected chi connectivity index (χ1v) is 5.42. The van der Waals surface area contributed by atoms with Gasteiger partial charge >= 0.3 is 6.09 Å². The first kappa shape index (κ1) is 11.7. The third kappa shape index (κ3) is 2.68. The number of ether oxygens (including phenoxy) is 2. The molecule has 1 aromatic rings. The van der Waals surface area contributed by atoms with Crippen LogP contribution in [0.1, 0.15) is 5.56 Å². The van der Waals surface area contributed by atoms with E-state index < -0.39 is 6.10 Å². The number of carbonyl (C=O) groups is 1. The molecule has 2 rings (SSSR count). The van der Waals surface area contributed by atoms with Crippen molar-refractivity contribution < 1.29 is 19.4 Å². The summed E-state index contributed by atoms with van der Waals surface area (Å²) in [7, 11) is 1.60. The number of hydrogen-bond donors (Lipinski definition) is 1. The number of rotatable bonds is 4. The zero-order valence-corrected chi connectivity index (χ0v) is 9.63. The number of methoxy groups -OCH3 is 1. The molecule has 0 aromatic heterocycles. The molecular formula is C12H15NO4. The van der Waals surface area contributed by atoms with Crippen LogP contribution in [0.2, 0.25) is 0 Å². The maximum Gasteiger partial charge on any atom is 0.410 e. The lowest BCUT2D eigenvalue weighted by atomic mass is 10.2. The van der Waals surface area contributed by atoms with Gasteiger partial charge in [0.2, 0.25) is 0 Å². The molecule has 0 bridgehead atoms. The lowest BCUT2D eigenvalue weighted by molar-refractivity contribution is 0.0947. The van der Waals surface area contributed by atoms with Crippen molar-refractivity contribution in [3.63, 3.8) is 0 Å². The Morgan fingerprint density at radius 3 is 3.06 bits per heavy atom. The Labute approximate surface area is 99.6 Å². The molecule has 1 atom stereocenters. The Balaban J connectivity index is 2.03. The summed E-state index contributed by atoms with van der Waals surface area (Å²) in [5, 5.41) is 8.93. The van der Waals surface area contributed by atoms with Crippen LogP contribution in [0, 0.1) is 0 Å². The van der Waals surface area contributed by atoms with Crippen LogP contribution in [-0.2, 0) is 11.3 Å². The molecule has 1 saturated heterocycles. The standard InChI is InChI=1S/C12H15NO4/c1-16-10-4-2-3-9(5-10)6-13-7-11(8-14)17-12(13)15/h2-5,11,14H,6-8H2,1H3/t11-/m1/s1. The summed E-state index contributed by atoms with van der Waals surface area (Å²) in [6.45, 7) is 0.749. The van der Waals surface area contributed by atoms with Crippen molar-refractivity contribution in [3.05, 3.63) is 29.8 Å². The fraction of sp³-hybridized carbons (Fsp3) is 0.417. The van der Waals surface area contributed by atoms with Crippen LogP contribution in [0.25, 0.3) is 0 Å². The minimum absolute atomic E-state index is 0.139. The topological polar surface area (TPSA) is 59.0 Å². The summed E-state index contributed by atoms with van der Waals surface area (Å²) >= 11 is 0. The van der Waals surface area contributed by atoms with E-state index in [1.807, 2.05) is 24.3 Å². The van der Waals surface area contributed by atoms with Crippen LogP contribution < -0.4 is 4.74 Å². The Kier molecular flexibility index (Phi) is 3.49. The van der Waals surface area contributed by atoms with E-state index >= 15 is 0 Å². The summed E-state index contributed by atoms with van der Waals surface area (Å²) in [6.07, 6.45) is -0.792. The third-order valence-electron chi connectivity index (χ3n) is 2.66. The van der Waals surface area contributed by atoms with Crippen molar-refractivity contribution in [1.82, 2.24) is 4.90 Å². The van der Waals surface area contributed by atoms with Gasteiger partial charge in [-0.2, -0.15) is 0 Å². The van der Waals surface area contributed by atoms with Gasteiger partial charge in [0.1, 0.15) is 11.9 Å². The van der Waals surface area contributed by atoms with E-state index in [0.29, 0.717) is 13.1 Å². The lowest BCUT2D eigenvalue weighted by Crippen LogP contribution is -2.25. The highest BCUT2D eigenvalue weighted by Crippen LogP contribution is 2.18. The summed E-state index contributed by atoms with van der Waals surface area (Å²) in [5.41, 5.74) is 0.972. The number of hydrogen-bond acceptors (Lipinski definition) is 4. The highest BCUT2D eigenvalue weighted by atomic mass is 16.6. The molecule has 0 unspecified atom stereocenters. The molecule has 5 heteroatoms. The maximum absolute atomic E-state index is 11.5. The fourth-order valence-corrected chi connectivity index (χ4v) is 1.79. The number of amides is 1. The number of nitrogens with zero attached hydrogens (tertiary/aromatic N) is 1. The normalized spacial score (nSPS) is 19.3. The Morgan fingerprint density at radius 2 is 2.41 bits per heavy atom. The Bertz CT molecular complexity index is 407. The number of carbonyl (C=O) groups excluding carboxylic acids is 1. The van der Waals surface area contributed by atoms with E-state index in [4.69, 9.17) is 14.6 Å². The van der Waals surface area contributed by atoms with Crippen LogP contribution in [0.5, 0.6) is 5.75 Å². The van der Waals surface area contributed by atoms with Gasteiger partial charge in [-0.05, 0) is 17.7 Å². The number of aliphatic hydroxyl groups is 1. The van der Waals surface area contributed by atoms with E-state index in [9.17, 15) is 4.79 Å². The zero-order valence-electron chi connectivity index (χ0n) is 9.63. The monoisotopic (exact) mass is 237 g/mol. The quantitative estimate of drug-likeness (QED) is 0.849. The molecule has 5 nitrogen and oxygen atoms in total. The highest BCUT2D eigenvalue weighted by molar-refractivity contribution is 5.69. The van der Waals surface area contributed by atoms with Gasteiger partial charge in [-0.15, -0.1) is 0 Å². The summed E-state index contributed by atoms with van der Waals surface area (Å²) in [5.74, 6) is 0.758. The first-order valence-electron chi connectivity index (χ1n) is 5.42. The zero-order chi connectivity index (χ0) is 12.3. The second kappa shape index (κ2) is 5.05. The summed E-state index contributed by atoms with van der Waals surface area (Å²) < 4.78 is 10.1. The van der Waals surface area contributed by atoms with Gasteiger partial charge in [-0.3, -0.25) is 0 Å². The third-order valence-corrected chi connectivity index (χ3v) is 2.66. The average molecular weight is 237 g/mol. The molecule has 1 heterocycles. The molecule has 1 aliphatic rings. The minimum atomic E-state index is -0.409. The highest BCUT2D eigenvalue weighted by Gasteiger charge is 2.30. The Hall–Kier alpha value is -1.75. The van der Waals surface area contributed by atoms with Gasteiger partial charge in [0.25, 0.3) is 0 Å². The van der Waals surface area contributed by atoms with Crippen LogP contribution in [0.3, 0.4) is 0 Å². The predicted octanol–water partition coefficient (Wildman–Crippen LogP) is 1.01. The van der Waals surface area contributed by atoms with E-state index in [0.717, 1.165) is 11.3 Å². The first-order chi connectivity index (χ1) is 8.22. The molecule has 1 fully saturated rings. The number of benzene rings is 1. The van der Waals surface area contributed by atoms with Crippen LogP contribution in [0.15, 0.2) is 24.3 Å². The van der Waals surface area contributed by atoms with Gasteiger partial charge in [0.15, 0.2) is 0 Å². The molecule has 1 amide bonds. The van der Waals surface area contributed by atoms with Gasteiger partial charge in [-0.1, -0.05) is 12.1 Å². The predicted molar refractivity (Wildman–Crippen MR) is 60.8 cm³/mol. The van der Waals surface area contributed by atoms with Crippen LogP contribution >= 0.6 is 0 Å². The molecule has 92 valence electrons. The van der Waals surface area contributed by atoms with Crippen LogP contribution in [-0.4, -0.2) is 42.5 Å².